The second-order valence-electron chi connectivity index (χ2n) is 4.15. The molecule has 0 aliphatic carbocycles. The van der Waals surface area contributed by atoms with Crippen molar-refractivity contribution in [2.75, 3.05) is 12.8 Å². The van der Waals surface area contributed by atoms with Gasteiger partial charge in [0, 0.05) is 12.5 Å². The monoisotopic (exact) mass is 241 g/mol. The molecule has 0 bridgehead atoms. The molecule has 0 aromatic carbocycles. The van der Waals surface area contributed by atoms with E-state index in [-0.39, 0.29) is 0 Å². The van der Waals surface area contributed by atoms with Crippen molar-refractivity contribution in [3.63, 3.8) is 0 Å². The second kappa shape index (κ2) is 5.68. The topological polar surface area (TPSA) is 51.0 Å². The van der Waals surface area contributed by atoms with Gasteiger partial charge in [-0.1, -0.05) is 12.1 Å². The molecule has 4 nitrogen and oxygen atoms in total. The Morgan fingerprint density at radius 3 is 3.12 bits per heavy atom. The molecule has 0 radical (unpaired) electrons. The Balaban J connectivity index is 1.96. The lowest BCUT2D eigenvalue weighted by Crippen LogP contribution is -2.26. The zero-order chi connectivity index (χ0) is 11.4. The molecule has 1 saturated heterocycles. The Bertz CT molecular complexity index is 319. The van der Waals surface area contributed by atoms with Gasteiger partial charge in [-0.3, -0.25) is 0 Å². The van der Waals surface area contributed by atoms with Gasteiger partial charge in [-0.2, -0.15) is 16.7 Å². The van der Waals surface area contributed by atoms with Crippen molar-refractivity contribution in [2.24, 2.45) is 0 Å². The molecule has 0 saturated carbocycles. The first kappa shape index (κ1) is 11.9. The fourth-order valence-corrected chi connectivity index (χ4v) is 3.12. The van der Waals surface area contributed by atoms with E-state index in [2.05, 4.69) is 22.4 Å². The van der Waals surface area contributed by atoms with Crippen LogP contribution in [0.3, 0.4) is 0 Å². The maximum atomic E-state index is 5.30. The second-order valence-corrected chi connectivity index (χ2v) is 5.46. The average molecular weight is 241 g/mol. The summed E-state index contributed by atoms with van der Waals surface area (Å²) in [6, 6.07) is 0.435. The molecule has 2 atom stereocenters. The quantitative estimate of drug-likeness (QED) is 0.856. The van der Waals surface area contributed by atoms with Crippen LogP contribution in [0.2, 0.25) is 0 Å². The van der Waals surface area contributed by atoms with E-state index in [0.29, 0.717) is 11.3 Å². The number of aromatic nitrogens is 2. The zero-order valence-corrected chi connectivity index (χ0v) is 10.7. The van der Waals surface area contributed by atoms with Crippen LogP contribution in [-0.2, 0) is 6.42 Å². The molecule has 1 fully saturated rings. The van der Waals surface area contributed by atoms with Gasteiger partial charge < -0.3 is 9.84 Å². The van der Waals surface area contributed by atoms with Crippen LogP contribution in [0.15, 0.2) is 4.52 Å². The molecular formula is C11H19N3OS. The summed E-state index contributed by atoms with van der Waals surface area (Å²) in [4.78, 5) is 4.49. The Morgan fingerprint density at radius 2 is 2.50 bits per heavy atom. The van der Waals surface area contributed by atoms with Crippen LogP contribution >= 0.6 is 11.8 Å². The number of hydrogen-bond acceptors (Lipinski definition) is 5. The third-order valence-corrected chi connectivity index (χ3v) is 4.40. The van der Waals surface area contributed by atoms with Gasteiger partial charge in [0.1, 0.15) is 0 Å². The summed E-state index contributed by atoms with van der Waals surface area (Å²) >= 11 is 1.94. The highest BCUT2D eigenvalue weighted by Gasteiger charge is 2.23. The minimum atomic E-state index is 0.435. The number of thioether (sulfide) groups is 1. The molecule has 5 heteroatoms. The molecule has 2 rings (SSSR count). The lowest BCUT2D eigenvalue weighted by Gasteiger charge is -2.09. The predicted molar refractivity (Wildman–Crippen MR) is 65.6 cm³/mol. The Labute approximate surface area is 101 Å². The highest BCUT2D eigenvalue weighted by atomic mass is 32.2. The summed E-state index contributed by atoms with van der Waals surface area (Å²) in [6.45, 7) is 2.16. The Morgan fingerprint density at radius 1 is 1.62 bits per heavy atom. The first-order chi connectivity index (χ1) is 7.83. The number of nitrogens with one attached hydrogen (secondary N) is 1. The third-order valence-electron chi connectivity index (χ3n) is 3.02. The molecule has 0 amide bonds. The molecule has 90 valence electrons. The summed E-state index contributed by atoms with van der Waals surface area (Å²) < 4.78 is 5.30. The highest BCUT2D eigenvalue weighted by molar-refractivity contribution is 7.99. The van der Waals surface area contributed by atoms with Gasteiger partial charge in [0.05, 0.1) is 5.25 Å². The molecular weight excluding hydrogens is 222 g/mol. The van der Waals surface area contributed by atoms with Gasteiger partial charge in [-0.15, -0.1) is 0 Å². The number of rotatable bonds is 5. The average Bonchev–Trinajstić information content (AvgIpc) is 2.96. The van der Waals surface area contributed by atoms with Gasteiger partial charge >= 0.3 is 0 Å². The van der Waals surface area contributed by atoms with E-state index < -0.39 is 0 Å². The smallest absolute Gasteiger partial charge is 0.228 e. The maximum absolute atomic E-state index is 5.30. The van der Waals surface area contributed by atoms with E-state index in [0.717, 1.165) is 24.6 Å². The van der Waals surface area contributed by atoms with Crippen LogP contribution in [0.1, 0.15) is 43.2 Å². The molecule has 1 N–H and O–H groups in total. The lowest BCUT2D eigenvalue weighted by molar-refractivity contribution is 0.354. The first-order valence-corrected chi connectivity index (χ1v) is 6.99. The Kier molecular flexibility index (Phi) is 4.23. The minimum absolute atomic E-state index is 0.435. The van der Waals surface area contributed by atoms with Crippen LogP contribution in [0.5, 0.6) is 0 Å². The van der Waals surface area contributed by atoms with E-state index >= 15 is 0 Å². The van der Waals surface area contributed by atoms with Crippen molar-refractivity contribution < 1.29 is 4.52 Å². The van der Waals surface area contributed by atoms with Crippen molar-refractivity contribution in [3.8, 4) is 0 Å². The van der Waals surface area contributed by atoms with Gasteiger partial charge in [-0.25, -0.2) is 0 Å². The summed E-state index contributed by atoms with van der Waals surface area (Å²) in [7, 11) is 1.97. The fourth-order valence-electron chi connectivity index (χ4n) is 1.92. The van der Waals surface area contributed by atoms with Gasteiger partial charge in [0.2, 0.25) is 5.89 Å². The van der Waals surface area contributed by atoms with Crippen LogP contribution in [0.4, 0.5) is 0 Å². The van der Waals surface area contributed by atoms with Crippen molar-refractivity contribution >= 4 is 11.8 Å². The molecule has 2 unspecified atom stereocenters. The summed E-state index contributed by atoms with van der Waals surface area (Å²) in [5.74, 6) is 2.88. The SMILES string of the molecule is CCC(Cc1nc(C2CCCS2)no1)NC. The number of hydrogen-bond donors (Lipinski definition) is 1. The van der Waals surface area contributed by atoms with E-state index in [1.165, 1.54) is 18.6 Å². The Hall–Kier alpha value is -0.550. The van der Waals surface area contributed by atoms with E-state index in [1.54, 1.807) is 0 Å². The summed E-state index contributed by atoms with van der Waals surface area (Å²) in [6.07, 6.45) is 4.37. The lowest BCUT2D eigenvalue weighted by atomic mass is 10.1. The van der Waals surface area contributed by atoms with Crippen LogP contribution in [-0.4, -0.2) is 29.0 Å². The fraction of sp³-hybridized carbons (Fsp3) is 0.818. The van der Waals surface area contributed by atoms with E-state index in [4.69, 9.17) is 4.52 Å². The van der Waals surface area contributed by atoms with Crippen LogP contribution in [0.25, 0.3) is 0 Å². The van der Waals surface area contributed by atoms with Gasteiger partial charge in [0.25, 0.3) is 0 Å². The molecule has 1 aromatic rings. The van der Waals surface area contributed by atoms with E-state index in [9.17, 15) is 0 Å². The largest absolute Gasteiger partial charge is 0.339 e. The number of nitrogens with zero attached hydrogens (tertiary/aromatic N) is 2. The highest BCUT2D eigenvalue weighted by Crippen LogP contribution is 2.38. The molecule has 1 aromatic heterocycles. The number of likely N-dealkylation sites (N-methyl/N-ethyl adjacent to an activating group) is 1. The van der Waals surface area contributed by atoms with Crippen LogP contribution in [0, 0.1) is 0 Å². The molecule has 2 heterocycles. The zero-order valence-electron chi connectivity index (χ0n) is 9.90. The third kappa shape index (κ3) is 2.77. The normalized spacial score (nSPS) is 22.5. The van der Waals surface area contributed by atoms with Gasteiger partial charge in [0.15, 0.2) is 5.82 Å². The van der Waals surface area contributed by atoms with Crippen molar-refractivity contribution in [3.05, 3.63) is 11.7 Å². The molecule has 1 aliphatic rings. The summed E-state index contributed by atoms with van der Waals surface area (Å²) in [5, 5.41) is 7.80. The van der Waals surface area contributed by atoms with Crippen molar-refractivity contribution in [1.29, 1.82) is 0 Å². The molecule has 0 spiro atoms. The van der Waals surface area contributed by atoms with Gasteiger partial charge in [-0.05, 0) is 32.1 Å². The maximum Gasteiger partial charge on any atom is 0.228 e. The molecule has 1 aliphatic heterocycles. The standard InChI is InChI=1S/C11H19N3OS/c1-3-8(12-2)7-10-13-11(14-15-10)9-5-4-6-16-9/h8-9,12H,3-7H2,1-2H3. The summed E-state index contributed by atoms with van der Waals surface area (Å²) in [5.41, 5.74) is 0. The van der Waals surface area contributed by atoms with Crippen molar-refractivity contribution in [1.82, 2.24) is 15.5 Å². The predicted octanol–water partition coefficient (Wildman–Crippen LogP) is 2.18. The van der Waals surface area contributed by atoms with E-state index in [1.807, 2.05) is 18.8 Å². The van der Waals surface area contributed by atoms with Crippen molar-refractivity contribution in [2.45, 2.75) is 43.9 Å². The van der Waals surface area contributed by atoms with Crippen LogP contribution < -0.4 is 5.32 Å². The minimum Gasteiger partial charge on any atom is -0.339 e. The first-order valence-electron chi connectivity index (χ1n) is 5.94. The molecule has 16 heavy (non-hydrogen) atoms.